The molecule has 1 aliphatic heterocycles. The summed E-state index contributed by atoms with van der Waals surface area (Å²) in [6.07, 6.45) is -3.52. The van der Waals surface area contributed by atoms with Crippen molar-refractivity contribution in [1.82, 2.24) is 14.9 Å². The minimum atomic E-state index is -4.39. The van der Waals surface area contributed by atoms with Crippen LogP contribution in [0.1, 0.15) is 28.5 Å². The number of benzene rings is 1. The summed E-state index contributed by atoms with van der Waals surface area (Å²) >= 11 is 0. The number of carbonyl (C=O) groups is 1. The molecule has 1 N–H and O–H groups in total. The molecule has 4 rings (SSSR count). The molecule has 1 atom stereocenters. The molecular weight excluding hydrogens is 393 g/mol. The Bertz CT molecular complexity index is 1050. The molecule has 0 amide bonds. The van der Waals surface area contributed by atoms with Gasteiger partial charge in [-0.15, -0.1) is 0 Å². The summed E-state index contributed by atoms with van der Waals surface area (Å²) < 4.78 is 38.2. The molecule has 0 saturated carbocycles. The molecule has 1 saturated heterocycles. The molecule has 30 heavy (non-hydrogen) atoms. The monoisotopic (exact) mass is 416 g/mol. The Balaban J connectivity index is 1.43. The molecule has 3 heterocycles. The highest BCUT2D eigenvalue weighted by Crippen LogP contribution is 2.30. The van der Waals surface area contributed by atoms with E-state index in [1.165, 1.54) is 6.07 Å². The van der Waals surface area contributed by atoms with Gasteiger partial charge in [0.15, 0.2) is 5.78 Å². The number of alkyl halides is 3. The van der Waals surface area contributed by atoms with E-state index in [4.69, 9.17) is 0 Å². The van der Waals surface area contributed by atoms with Gasteiger partial charge in [0.25, 0.3) is 0 Å². The van der Waals surface area contributed by atoms with Gasteiger partial charge in [0.1, 0.15) is 5.82 Å². The molecule has 3 aromatic rings. The number of pyridine rings is 1. The number of nitrogens with one attached hydrogen (secondary N) is 1. The van der Waals surface area contributed by atoms with Gasteiger partial charge >= 0.3 is 6.18 Å². The number of Topliss-reactive ketones (excluding diaryl/α,β-unsaturated/α-hetero) is 1. The first-order valence-electron chi connectivity index (χ1n) is 9.89. The summed E-state index contributed by atoms with van der Waals surface area (Å²) in [5, 5.41) is 0.930. The van der Waals surface area contributed by atoms with Gasteiger partial charge in [-0.05, 0) is 32.0 Å². The number of nitrogens with zero attached hydrogens (tertiary/aromatic N) is 3. The number of rotatable bonds is 4. The average molecular weight is 416 g/mol. The number of para-hydroxylation sites is 1. The predicted molar refractivity (Wildman–Crippen MR) is 110 cm³/mol. The number of hydrogen-bond acceptors (Lipinski definition) is 4. The van der Waals surface area contributed by atoms with Crippen LogP contribution in [0.25, 0.3) is 10.9 Å². The number of aromatic nitrogens is 2. The van der Waals surface area contributed by atoms with Crippen molar-refractivity contribution in [2.24, 2.45) is 0 Å². The van der Waals surface area contributed by atoms with Gasteiger partial charge in [-0.25, -0.2) is 4.98 Å². The maximum atomic E-state index is 13.2. The highest BCUT2D eigenvalue weighted by molar-refractivity contribution is 6.11. The minimum absolute atomic E-state index is 0.0751. The Morgan fingerprint density at radius 3 is 2.43 bits per heavy atom. The van der Waals surface area contributed by atoms with Crippen molar-refractivity contribution in [2.75, 3.05) is 31.1 Å². The van der Waals surface area contributed by atoms with Crippen molar-refractivity contribution in [2.45, 2.75) is 26.1 Å². The number of ketones is 1. The van der Waals surface area contributed by atoms with Crippen molar-refractivity contribution in [1.29, 1.82) is 0 Å². The molecule has 5 nitrogen and oxygen atoms in total. The second-order valence-electron chi connectivity index (χ2n) is 7.64. The van der Waals surface area contributed by atoms with Gasteiger partial charge in [-0.1, -0.05) is 18.2 Å². The third kappa shape index (κ3) is 3.79. The zero-order valence-corrected chi connectivity index (χ0v) is 16.8. The molecule has 0 spiro atoms. The van der Waals surface area contributed by atoms with E-state index >= 15 is 0 Å². The molecular formula is C22H23F3N4O. The number of anilines is 1. The number of hydrogen-bond donors (Lipinski definition) is 1. The Hall–Kier alpha value is -2.87. The standard InChI is InChI=1S/C22H23F3N4O/c1-14-20(17-5-3-4-6-18(17)27-14)21(30)15(2)28-9-11-29(12-10-28)19-8-7-16(13-26-19)22(23,24)25/h3-8,13,15,27H,9-12H2,1-2H3/t15-/m0/s1. The lowest BCUT2D eigenvalue weighted by atomic mass is 10.0. The largest absolute Gasteiger partial charge is 0.417 e. The molecule has 2 aromatic heterocycles. The molecule has 0 aliphatic carbocycles. The van der Waals surface area contributed by atoms with Crippen LogP contribution < -0.4 is 4.90 Å². The normalized spacial score (nSPS) is 16.8. The Morgan fingerprint density at radius 1 is 1.10 bits per heavy atom. The first kappa shape index (κ1) is 20.4. The fourth-order valence-corrected chi connectivity index (χ4v) is 4.05. The first-order chi connectivity index (χ1) is 14.3. The maximum absolute atomic E-state index is 13.2. The van der Waals surface area contributed by atoms with Gasteiger partial charge in [0, 0.05) is 54.5 Å². The highest BCUT2D eigenvalue weighted by atomic mass is 19.4. The summed E-state index contributed by atoms with van der Waals surface area (Å²) in [5.74, 6) is 0.597. The van der Waals surface area contributed by atoms with Crippen LogP contribution in [0.2, 0.25) is 0 Å². The number of fused-ring (bicyclic) bond motifs is 1. The molecule has 1 fully saturated rings. The van der Waals surface area contributed by atoms with E-state index in [1.54, 1.807) is 0 Å². The fraction of sp³-hybridized carbons (Fsp3) is 0.364. The summed E-state index contributed by atoms with van der Waals surface area (Å²) in [5.41, 5.74) is 1.78. The highest BCUT2D eigenvalue weighted by Gasteiger charge is 2.32. The Kier molecular flexibility index (Phi) is 5.27. The summed E-state index contributed by atoms with van der Waals surface area (Å²) in [7, 11) is 0. The van der Waals surface area contributed by atoms with E-state index in [2.05, 4.69) is 14.9 Å². The van der Waals surface area contributed by atoms with Crippen molar-refractivity contribution < 1.29 is 18.0 Å². The van der Waals surface area contributed by atoms with Gasteiger partial charge in [-0.3, -0.25) is 9.69 Å². The topological polar surface area (TPSA) is 52.2 Å². The molecule has 0 bridgehead atoms. The smallest absolute Gasteiger partial charge is 0.358 e. The van der Waals surface area contributed by atoms with E-state index in [9.17, 15) is 18.0 Å². The zero-order chi connectivity index (χ0) is 21.5. The number of carbonyl (C=O) groups excluding carboxylic acids is 1. The van der Waals surface area contributed by atoms with Crippen molar-refractivity contribution >= 4 is 22.5 Å². The predicted octanol–water partition coefficient (Wildman–Crippen LogP) is 4.28. The van der Waals surface area contributed by atoms with E-state index < -0.39 is 11.7 Å². The maximum Gasteiger partial charge on any atom is 0.417 e. The number of halogens is 3. The summed E-state index contributed by atoms with van der Waals surface area (Å²) in [6, 6.07) is 9.94. The quantitative estimate of drug-likeness (QED) is 0.645. The van der Waals surface area contributed by atoms with Crippen LogP contribution in [-0.2, 0) is 6.18 Å². The Labute approximate surface area is 172 Å². The number of aromatic amines is 1. The minimum Gasteiger partial charge on any atom is -0.358 e. The molecule has 1 aromatic carbocycles. The van der Waals surface area contributed by atoms with Crippen LogP contribution in [0.4, 0.5) is 19.0 Å². The second kappa shape index (κ2) is 7.75. The molecule has 158 valence electrons. The van der Waals surface area contributed by atoms with Crippen LogP contribution >= 0.6 is 0 Å². The SMILES string of the molecule is Cc1[nH]c2ccccc2c1C(=O)[C@H](C)N1CCN(c2ccc(C(F)(F)F)cn2)CC1. The van der Waals surface area contributed by atoms with Gasteiger partial charge in [-0.2, -0.15) is 13.2 Å². The van der Waals surface area contributed by atoms with Gasteiger partial charge < -0.3 is 9.88 Å². The van der Waals surface area contributed by atoms with E-state index in [1.807, 2.05) is 43.0 Å². The van der Waals surface area contributed by atoms with Crippen molar-refractivity contribution in [3.05, 3.63) is 59.4 Å². The molecule has 0 radical (unpaired) electrons. The zero-order valence-electron chi connectivity index (χ0n) is 16.8. The molecule has 0 unspecified atom stereocenters. The van der Waals surface area contributed by atoms with Crippen LogP contribution in [0.15, 0.2) is 42.6 Å². The average Bonchev–Trinajstić information content (AvgIpc) is 3.08. The van der Waals surface area contributed by atoms with E-state index in [-0.39, 0.29) is 11.8 Å². The lowest BCUT2D eigenvalue weighted by Gasteiger charge is -2.38. The lowest BCUT2D eigenvalue weighted by Crippen LogP contribution is -2.52. The molecule has 1 aliphatic rings. The van der Waals surface area contributed by atoms with Gasteiger partial charge in [0.05, 0.1) is 11.6 Å². The number of H-pyrrole nitrogens is 1. The first-order valence-corrected chi connectivity index (χ1v) is 9.89. The van der Waals surface area contributed by atoms with Crippen LogP contribution in [0.5, 0.6) is 0 Å². The number of piperazine rings is 1. The summed E-state index contributed by atoms with van der Waals surface area (Å²) in [6.45, 7) is 6.30. The lowest BCUT2D eigenvalue weighted by molar-refractivity contribution is -0.137. The molecule has 8 heteroatoms. The Morgan fingerprint density at radius 2 is 1.80 bits per heavy atom. The summed E-state index contributed by atoms with van der Waals surface area (Å²) in [4.78, 5) is 24.5. The van der Waals surface area contributed by atoms with E-state index in [0.717, 1.165) is 34.4 Å². The van der Waals surface area contributed by atoms with E-state index in [0.29, 0.717) is 32.0 Å². The van der Waals surface area contributed by atoms with Gasteiger partial charge in [0.2, 0.25) is 0 Å². The fourth-order valence-electron chi connectivity index (χ4n) is 4.05. The van der Waals surface area contributed by atoms with Crippen LogP contribution in [0, 0.1) is 6.92 Å². The van der Waals surface area contributed by atoms with Crippen molar-refractivity contribution in [3.8, 4) is 0 Å². The van der Waals surface area contributed by atoms with Crippen LogP contribution in [0.3, 0.4) is 0 Å². The third-order valence-electron chi connectivity index (χ3n) is 5.78. The van der Waals surface area contributed by atoms with Crippen molar-refractivity contribution in [3.63, 3.8) is 0 Å². The third-order valence-corrected chi connectivity index (χ3v) is 5.78. The van der Waals surface area contributed by atoms with Crippen LogP contribution in [-0.4, -0.2) is 52.9 Å². The number of aryl methyl sites for hydroxylation is 1. The second-order valence-corrected chi connectivity index (χ2v) is 7.64.